The molecule has 1 fully saturated rings. The Morgan fingerprint density at radius 1 is 1.09 bits per heavy atom. The molecule has 4 atom stereocenters. The van der Waals surface area contributed by atoms with Crippen molar-refractivity contribution in [1.29, 1.82) is 0 Å². The molecule has 12 nitrogen and oxygen atoms in total. The summed E-state index contributed by atoms with van der Waals surface area (Å²) in [5, 5.41) is 14.2. The Bertz CT molecular complexity index is 715. The lowest BCUT2D eigenvalue weighted by Crippen LogP contribution is -2.57. The number of rotatable bonds is 14. The summed E-state index contributed by atoms with van der Waals surface area (Å²) in [7, 11) is 0. The molecule has 4 amide bonds. The maximum atomic E-state index is 13.3. The molecule has 0 radical (unpaired) electrons. The fraction of sp³-hybridized carbons (Fsp3) is 0.762. The average molecular weight is 471 g/mol. The van der Waals surface area contributed by atoms with Crippen molar-refractivity contribution >= 4 is 29.6 Å². The van der Waals surface area contributed by atoms with Crippen LogP contribution in [0.5, 0.6) is 0 Å². The van der Waals surface area contributed by atoms with E-state index in [2.05, 4.69) is 10.6 Å². The maximum Gasteiger partial charge on any atom is 0.326 e. The van der Waals surface area contributed by atoms with Gasteiger partial charge in [-0.25, -0.2) is 4.79 Å². The second-order valence-electron chi connectivity index (χ2n) is 8.84. The number of unbranched alkanes of at least 4 members (excludes halogenated alkanes) is 1. The van der Waals surface area contributed by atoms with Crippen molar-refractivity contribution in [3.05, 3.63) is 0 Å². The van der Waals surface area contributed by atoms with Gasteiger partial charge in [0.25, 0.3) is 0 Å². The van der Waals surface area contributed by atoms with Crippen molar-refractivity contribution in [2.45, 2.75) is 83.0 Å². The second kappa shape index (κ2) is 13.7. The lowest BCUT2D eigenvalue weighted by molar-refractivity contribution is -0.146. The Morgan fingerprint density at radius 2 is 1.76 bits per heavy atom. The van der Waals surface area contributed by atoms with Crippen molar-refractivity contribution in [1.82, 2.24) is 15.5 Å². The van der Waals surface area contributed by atoms with Gasteiger partial charge in [0.05, 0.1) is 12.5 Å². The van der Waals surface area contributed by atoms with Crippen LogP contribution in [0.1, 0.15) is 58.8 Å². The van der Waals surface area contributed by atoms with Gasteiger partial charge in [-0.2, -0.15) is 0 Å². The predicted molar refractivity (Wildman–Crippen MR) is 120 cm³/mol. The van der Waals surface area contributed by atoms with Crippen molar-refractivity contribution in [3.8, 4) is 0 Å². The number of carboxylic acid groups (broad SMARTS) is 1. The summed E-state index contributed by atoms with van der Waals surface area (Å²) >= 11 is 0. The molecule has 33 heavy (non-hydrogen) atoms. The smallest absolute Gasteiger partial charge is 0.326 e. The number of hydrogen-bond donors (Lipinski definition) is 6. The first-order valence-corrected chi connectivity index (χ1v) is 11.4. The van der Waals surface area contributed by atoms with Gasteiger partial charge in [-0.15, -0.1) is 0 Å². The largest absolute Gasteiger partial charge is 0.480 e. The zero-order chi connectivity index (χ0) is 25.1. The number of aliphatic carboxylic acids is 1. The molecule has 1 aliphatic rings. The number of likely N-dealkylation sites (tertiary alicyclic amines) is 1. The van der Waals surface area contributed by atoms with Gasteiger partial charge in [-0.3, -0.25) is 19.2 Å². The number of nitrogens with one attached hydrogen (secondary N) is 2. The normalized spacial score (nSPS) is 18.5. The number of primary amides is 1. The number of amides is 4. The Kier molecular flexibility index (Phi) is 11.8. The molecule has 4 unspecified atom stereocenters. The van der Waals surface area contributed by atoms with Gasteiger partial charge in [-0.1, -0.05) is 13.8 Å². The van der Waals surface area contributed by atoms with Crippen molar-refractivity contribution in [2.24, 2.45) is 23.1 Å². The van der Waals surface area contributed by atoms with E-state index in [9.17, 15) is 29.1 Å². The standard InChI is InChI=1S/C21H38N6O6/c1-12(2)10-13(23)18(29)25-14(6-3-4-8-22)20(31)27-9-5-7-16(27)19(30)26-15(21(32)33)11-17(24)28/h12-16H,3-11,22-23H2,1-2H3,(H2,24,28)(H,25,29)(H,26,30)(H,32,33). The molecular weight excluding hydrogens is 432 g/mol. The minimum absolute atomic E-state index is 0.200. The van der Waals surface area contributed by atoms with Crippen LogP contribution < -0.4 is 27.8 Å². The van der Waals surface area contributed by atoms with E-state index < -0.39 is 60.2 Å². The molecule has 0 aliphatic carbocycles. The first-order chi connectivity index (χ1) is 15.5. The summed E-state index contributed by atoms with van der Waals surface area (Å²) in [4.78, 5) is 62.4. The third kappa shape index (κ3) is 9.34. The molecule has 0 aromatic rings. The third-order valence-corrected chi connectivity index (χ3v) is 5.48. The summed E-state index contributed by atoms with van der Waals surface area (Å²) in [5.74, 6) is -3.63. The summed E-state index contributed by atoms with van der Waals surface area (Å²) in [6.45, 7) is 4.60. The first kappa shape index (κ1) is 28.3. The minimum atomic E-state index is -1.48. The molecule has 188 valence electrons. The lowest BCUT2D eigenvalue weighted by Gasteiger charge is -2.30. The van der Waals surface area contributed by atoms with Gasteiger partial charge in [0.2, 0.25) is 23.6 Å². The van der Waals surface area contributed by atoms with Gasteiger partial charge in [0, 0.05) is 6.54 Å². The summed E-state index contributed by atoms with van der Waals surface area (Å²) in [5.41, 5.74) is 16.6. The fourth-order valence-corrected chi connectivity index (χ4v) is 3.82. The SMILES string of the molecule is CC(C)CC(N)C(=O)NC(CCCCN)C(=O)N1CCCC1C(=O)NC(CC(N)=O)C(=O)O. The molecule has 0 bridgehead atoms. The molecular formula is C21H38N6O6. The minimum Gasteiger partial charge on any atom is -0.480 e. The van der Waals surface area contributed by atoms with E-state index in [0.717, 1.165) is 0 Å². The van der Waals surface area contributed by atoms with Crippen LogP contribution in [0, 0.1) is 5.92 Å². The van der Waals surface area contributed by atoms with Gasteiger partial charge in [-0.05, 0) is 51.0 Å². The highest BCUT2D eigenvalue weighted by Gasteiger charge is 2.39. The number of carbonyl (C=O) groups excluding carboxylic acids is 4. The van der Waals surface area contributed by atoms with Crippen molar-refractivity contribution < 1.29 is 29.1 Å². The van der Waals surface area contributed by atoms with Crippen LogP contribution in [0.2, 0.25) is 0 Å². The number of carboxylic acids is 1. The number of nitrogens with zero attached hydrogens (tertiary/aromatic N) is 1. The highest BCUT2D eigenvalue weighted by atomic mass is 16.4. The zero-order valence-corrected chi connectivity index (χ0v) is 19.4. The van der Waals surface area contributed by atoms with Crippen LogP contribution in [-0.4, -0.2) is 76.9 Å². The van der Waals surface area contributed by atoms with Crippen LogP contribution in [-0.2, 0) is 24.0 Å². The van der Waals surface area contributed by atoms with Crippen molar-refractivity contribution in [2.75, 3.05) is 13.1 Å². The van der Waals surface area contributed by atoms with Crippen LogP contribution in [0.25, 0.3) is 0 Å². The van der Waals surface area contributed by atoms with E-state index in [1.165, 1.54) is 4.90 Å². The van der Waals surface area contributed by atoms with Crippen LogP contribution in [0.4, 0.5) is 0 Å². The van der Waals surface area contributed by atoms with E-state index in [4.69, 9.17) is 17.2 Å². The lowest BCUT2D eigenvalue weighted by atomic mass is 10.0. The molecule has 0 aromatic carbocycles. The number of nitrogens with two attached hydrogens (primary N) is 3. The monoisotopic (exact) mass is 470 g/mol. The van der Waals surface area contributed by atoms with Gasteiger partial charge in [0.1, 0.15) is 18.1 Å². The fourth-order valence-electron chi connectivity index (χ4n) is 3.82. The second-order valence-corrected chi connectivity index (χ2v) is 8.84. The van der Waals surface area contributed by atoms with Crippen LogP contribution in [0.3, 0.4) is 0 Å². The summed E-state index contributed by atoms with van der Waals surface area (Å²) in [6.07, 6.45) is 2.35. The topological polar surface area (TPSA) is 211 Å². The van der Waals surface area contributed by atoms with Crippen LogP contribution >= 0.6 is 0 Å². The average Bonchev–Trinajstić information content (AvgIpc) is 3.21. The van der Waals surface area contributed by atoms with Gasteiger partial charge >= 0.3 is 5.97 Å². The molecule has 9 N–H and O–H groups in total. The summed E-state index contributed by atoms with van der Waals surface area (Å²) < 4.78 is 0. The van der Waals surface area contributed by atoms with E-state index >= 15 is 0 Å². The Morgan fingerprint density at radius 3 is 2.30 bits per heavy atom. The maximum absolute atomic E-state index is 13.3. The molecule has 12 heteroatoms. The Balaban J connectivity index is 2.94. The van der Waals surface area contributed by atoms with Crippen molar-refractivity contribution in [3.63, 3.8) is 0 Å². The van der Waals surface area contributed by atoms with E-state index in [0.29, 0.717) is 45.1 Å². The highest BCUT2D eigenvalue weighted by molar-refractivity contribution is 5.95. The zero-order valence-electron chi connectivity index (χ0n) is 19.4. The molecule has 1 heterocycles. The van der Waals surface area contributed by atoms with E-state index in [-0.39, 0.29) is 12.5 Å². The van der Waals surface area contributed by atoms with E-state index in [1.54, 1.807) is 0 Å². The third-order valence-electron chi connectivity index (χ3n) is 5.48. The Labute approximate surface area is 194 Å². The molecule has 0 spiro atoms. The first-order valence-electron chi connectivity index (χ1n) is 11.4. The van der Waals surface area contributed by atoms with E-state index in [1.807, 2.05) is 13.8 Å². The summed E-state index contributed by atoms with van der Waals surface area (Å²) in [6, 6.07) is -4.04. The number of hydrogen-bond acceptors (Lipinski definition) is 7. The molecule has 1 saturated heterocycles. The predicted octanol–water partition coefficient (Wildman–Crippen LogP) is -1.59. The quantitative estimate of drug-likeness (QED) is 0.162. The molecule has 1 rings (SSSR count). The molecule has 0 saturated carbocycles. The Hall–Kier alpha value is -2.73. The number of carbonyl (C=O) groups is 5. The molecule has 1 aliphatic heterocycles. The van der Waals surface area contributed by atoms with Crippen LogP contribution in [0.15, 0.2) is 0 Å². The highest BCUT2D eigenvalue weighted by Crippen LogP contribution is 2.20. The van der Waals surface area contributed by atoms with Gasteiger partial charge < -0.3 is 37.8 Å². The van der Waals surface area contributed by atoms with Gasteiger partial charge in [0.15, 0.2) is 0 Å². The molecule has 0 aromatic heterocycles.